The summed E-state index contributed by atoms with van der Waals surface area (Å²) in [6, 6.07) is 2.59. The van der Waals surface area contributed by atoms with Gasteiger partial charge in [0.15, 0.2) is 0 Å². The summed E-state index contributed by atoms with van der Waals surface area (Å²) in [6.07, 6.45) is 0. The average Bonchev–Trinajstić information content (AvgIpc) is 2.56. The standard InChI is InChI=1S/C10H17N3O/c1-8-6-11-3-4-13(8)7-10-5-9(2)14-12-10/h5,8,11H,3-4,6-7H2,1-2H3/t8-/m1/s1. The Bertz CT molecular complexity index is 297. The highest BCUT2D eigenvalue weighted by atomic mass is 16.5. The SMILES string of the molecule is Cc1cc(CN2CCNC[C@H]2C)no1. The van der Waals surface area contributed by atoms with Gasteiger partial charge in [-0.15, -0.1) is 0 Å². The van der Waals surface area contributed by atoms with Crippen LogP contribution in [0.25, 0.3) is 0 Å². The average molecular weight is 195 g/mol. The maximum atomic E-state index is 5.05. The lowest BCUT2D eigenvalue weighted by atomic mass is 10.2. The molecule has 1 aromatic rings. The molecule has 0 aliphatic carbocycles. The molecule has 0 spiro atoms. The first kappa shape index (κ1) is 9.68. The molecule has 1 fully saturated rings. The van der Waals surface area contributed by atoms with Gasteiger partial charge in [0.05, 0.1) is 5.69 Å². The van der Waals surface area contributed by atoms with E-state index in [1.807, 2.05) is 13.0 Å². The minimum atomic E-state index is 0.584. The molecule has 0 aromatic carbocycles. The van der Waals surface area contributed by atoms with Crippen LogP contribution in [0.5, 0.6) is 0 Å². The number of aryl methyl sites for hydroxylation is 1. The van der Waals surface area contributed by atoms with Crippen molar-refractivity contribution in [3.8, 4) is 0 Å². The summed E-state index contributed by atoms with van der Waals surface area (Å²) in [5.74, 6) is 0.891. The zero-order chi connectivity index (χ0) is 9.97. The van der Waals surface area contributed by atoms with Gasteiger partial charge < -0.3 is 9.84 Å². The van der Waals surface area contributed by atoms with Gasteiger partial charge in [0.2, 0.25) is 0 Å². The highest BCUT2D eigenvalue weighted by molar-refractivity contribution is 5.03. The van der Waals surface area contributed by atoms with Crippen LogP contribution >= 0.6 is 0 Å². The Hall–Kier alpha value is -0.870. The van der Waals surface area contributed by atoms with Gasteiger partial charge in [0.25, 0.3) is 0 Å². The quantitative estimate of drug-likeness (QED) is 0.757. The Morgan fingerprint density at radius 3 is 3.21 bits per heavy atom. The third-order valence-electron chi connectivity index (χ3n) is 2.68. The second-order valence-corrected chi connectivity index (χ2v) is 3.95. The van der Waals surface area contributed by atoms with Gasteiger partial charge in [-0.2, -0.15) is 0 Å². The fourth-order valence-electron chi connectivity index (χ4n) is 1.82. The molecule has 0 amide bonds. The van der Waals surface area contributed by atoms with E-state index in [1.54, 1.807) is 0 Å². The topological polar surface area (TPSA) is 41.3 Å². The maximum absolute atomic E-state index is 5.05. The van der Waals surface area contributed by atoms with Crippen LogP contribution in [-0.2, 0) is 6.54 Å². The van der Waals surface area contributed by atoms with Crippen LogP contribution < -0.4 is 5.32 Å². The van der Waals surface area contributed by atoms with Gasteiger partial charge in [-0.05, 0) is 13.8 Å². The zero-order valence-electron chi connectivity index (χ0n) is 8.79. The van der Waals surface area contributed by atoms with E-state index in [-0.39, 0.29) is 0 Å². The van der Waals surface area contributed by atoms with Crippen LogP contribution in [0.15, 0.2) is 10.6 Å². The predicted octanol–water partition coefficient (Wildman–Crippen LogP) is 0.777. The van der Waals surface area contributed by atoms with Crippen LogP contribution in [0, 0.1) is 6.92 Å². The molecule has 4 nitrogen and oxygen atoms in total. The molecule has 0 unspecified atom stereocenters. The first-order chi connectivity index (χ1) is 6.75. The minimum absolute atomic E-state index is 0.584. The molecule has 1 saturated heterocycles. The molecule has 2 heterocycles. The van der Waals surface area contributed by atoms with Crippen molar-refractivity contribution in [1.82, 2.24) is 15.4 Å². The molecule has 1 atom stereocenters. The summed E-state index contributed by atoms with van der Waals surface area (Å²) in [6.45, 7) is 8.29. The van der Waals surface area contributed by atoms with Crippen molar-refractivity contribution in [3.63, 3.8) is 0 Å². The third kappa shape index (κ3) is 2.13. The third-order valence-corrected chi connectivity index (χ3v) is 2.68. The molecule has 2 rings (SSSR count). The highest BCUT2D eigenvalue weighted by Crippen LogP contribution is 2.09. The fourth-order valence-corrected chi connectivity index (χ4v) is 1.82. The maximum Gasteiger partial charge on any atom is 0.133 e. The molecule has 1 aliphatic rings. The van der Waals surface area contributed by atoms with E-state index in [4.69, 9.17) is 4.52 Å². The normalized spacial score (nSPS) is 24.0. The number of hydrogen-bond acceptors (Lipinski definition) is 4. The van der Waals surface area contributed by atoms with Gasteiger partial charge in [-0.25, -0.2) is 0 Å². The van der Waals surface area contributed by atoms with E-state index >= 15 is 0 Å². The van der Waals surface area contributed by atoms with Crippen molar-refractivity contribution in [2.45, 2.75) is 26.4 Å². The monoisotopic (exact) mass is 195 g/mol. The van der Waals surface area contributed by atoms with Gasteiger partial charge >= 0.3 is 0 Å². The summed E-state index contributed by atoms with van der Waals surface area (Å²) in [4.78, 5) is 2.42. The van der Waals surface area contributed by atoms with E-state index < -0.39 is 0 Å². The highest BCUT2D eigenvalue weighted by Gasteiger charge is 2.18. The van der Waals surface area contributed by atoms with Crippen LogP contribution in [0.2, 0.25) is 0 Å². The fraction of sp³-hybridized carbons (Fsp3) is 0.700. The first-order valence-corrected chi connectivity index (χ1v) is 5.12. The second kappa shape index (κ2) is 4.11. The van der Waals surface area contributed by atoms with Crippen molar-refractivity contribution in [1.29, 1.82) is 0 Å². The number of rotatable bonds is 2. The predicted molar refractivity (Wildman–Crippen MR) is 54.0 cm³/mol. The number of piperazine rings is 1. The Morgan fingerprint density at radius 2 is 2.57 bits per heavy atom. The minimum Gasteiger partial charge on any atom is -0.361 e. The van der Waals surface area contributed by atoms with Crippen LogP contribution in [-0.4, -0.2) is 35.7 Å². The molecule has 78 valence electrons. The van der Waals surface area contributed by atoms with Gasteiger partial charge in [0, 0.05) is 38.3 Å². The molecule has 0 saturated carbocycles. The van der Waals surface area contributed by atoms with E-state index in [1.165, 1.54) is 0 Å². The Labute approximate surface area is 84.3 Å². The summed E-state index contributed by atoms with van der Waals surface area (Å²) in [5.41, 5.74) is 1.04. The molecular weight excluding hydrogens is 178 g/mol. The molecule has 0 bridgehead atoms. The zero-order valence-corrected chi connectivity index (χ0v) is 8.79. The molecule has 1 aromatic heterocycles. The summed E-state index contributed by atoms with van der Waals surface area (Å²) >= 11 is 0. The van der Waals surface area contributed by atoms with E-state index in [0.717, 1.165) is 37.6 Å². The van der Waals surface area contributed by atoms with Gasteiger partial charge in [-0.1, -0.05) is 5.16 Å². The molecule has 14 heavy (non-hydrogen) atoms. The Balaban J connectivity index is 1.95. The van der Waals surface area contributed by atoms with Gasteiger partial charge in [0.1, 0.15) is 5.76 Å². The molecule has 1 aliphatic heterocycles. The summed E-state index contributed by atoms with van der Waals surface area (Å²) in [7, 11) is 0. The van der Waals surface area contributed by atoms with Gasteiger partial charge in [-0.3, -0.25) is 4.90 Å². The summed E-state index contributed by atoms with van der Waals surface area (Å²) < 4.78 is 5.05. The number of hydrogen-bond donors (Lipinski definition) is 1. The molecule has 1 N–H and O–H groups in total. The van der Waals surface area contributed by atoms with Crippen molar-refractivity contribution < 1.29 is 4.52 Å². The van der Waals surface area contributed by atoms with Crippen molar-refractivity contribution in [2.75, 3.05) is 19.6 Å². The lowest BCUT2D eigenvalue weighted by Crippen LogP contribution is -2.49. The number of nitrogens with zero attached hydrogens (tertiary/aromatic N) is 2. The van der Waals surface area contributed by atoms with Crippen molar-refractivity contribution >= 4 is 0 Å². The lowest BCUT2D eigenvalue weighted by Gasteiger charge is -2.33. The smallest absolute Gasteiger partial charge is 0.133 e. The van der Waals surface area contributed by atoms with E-state index in [2.05, 4.69) is 22.3 Å². The van der Waals surface area contributed by atoms with E-state index in [9.17, 15) is 0 Å². The number of nitrogens with one attached hydrogen (secondary N) is 1. The van der Waals surface area contributed by atoms with Crippen LogP contribution in [0.3, 0.4) is 0 Å². The molecular formula is C10H17N3O. The Morgan fingerprint density at radius 1 is 1.71 bits per heavy atom. The lowest BCUT2D eigenvalue weighted by molar-refractivity contribution is 0.161. The van der Waals surface area contributed by atoms with Crippen molar-refractivity contribution in [2.24, 2.45) is 0 Å². The van der Waals surface area contributed by atoms with Crippen molar-refractivity contribution in [3.05, 3.63) is 17.5 Å². The molecule has 0 radical (unpaired) electrons. The van der Waals surface area contributed by atoms with Crippen LogP contribution in [0.1, 0.15) is 18.4 Å². The second-order valence-electron chi connectivity index (χ2n) is 3.95. The first-order valence-electron chi connectivity index (χ1n) is 5.12. The largest absolute Gasteiger partial charge is 0.361 e. The summed E-state index contributed by atoms with van der Waals surface area (Å²) in [5, 5.41) is 7.38. The van der Waals surface area contributed by atoms with E-state index in [0.29, 0.717) is 6.04 Å². The van der Waals surface area contributed by atoms with Crippen LogP contribution in [0.4, 0.5) is 0 Å². The molecule has 4 heteroatoms. The number of aromatic nitrogens is 1. The Kier molecular flexibility index (Phi) is 2.84.